The fraction of sp³-hybridized carbons (Fsp3) is 0.714. The SMILES string of the molecule is FC(F)=C(F)OC(F)(OC(F)(F)C(F)(F)C(F)(F)F)C(F)(F)F. The Morgan fingerprint density at radius 2 is 1.00 bits per heavy atom. The van der Waals surface area contributed by atoms with Crippen molar-refractivity contribution in [3.05, 3.63) is 12.1 Å². The number of ether oxygens (including phenoxy) is 2. The van der Waals surface area contributed by atoms with Crippen LogP contribution in [0.25, 0.3) is 0 Å². The quantitative estimate of drug-likeness (QED) is 0.377. The van der Waals surface area contributed by atoms with E-state index in [9.17, 15) is 61.5 Å². The summed E-state index contributed by atoms with van der Waals surface area (Å²) in [5, 5.41) is 0. The van der Waals surface area contributed by atoms with Gasteiger partial charge >= 0.3 is 42.5 Å². The maximum atomic E-state index is 13.0. The minimum Gasteiger partial charge on any atom is -0.399 e. The third kappa shape index (κ3) is 4.29. The van der Waals surface area contributed by atoms with Crippen LogP contribution in [0.5, 0.6) is 0 Å². The minimum atomic E-state index is -7.42. The van der Waals surface area contributed by atoms with Crippen molar-refractivity contribution in [3.8, 4) is 0 Å². The second kappa shape index (κ2) is 5.86. The minimum absolute atomic E-state index is 1.58. The average Bonchev–Trinajstić information content (AvgIpc) is 2.24. The molecular formula is C7F14O2. The summed E-state index contributed by atoms with van der Waals surface area (Å²) in [4.78, 5) is 0. The molecule has 0 bridgehead atoms. The average molecular weight is 382 g/mol. The van der Waals surface area contributed by atoms with Crippen LogP contribution in [-0.2, 0) is 9.47 Å². The van der Waals surface area contributed by atoms with Crippen LogP contribution in [0.3, 0.4) is 0 Å². The van der Waals surface area contributed by atoms with Crippen molar-refractivity contribution in [3.63, 3.8) is 0 Å². The number of halogens is 14. The van der Waals surface area contributed by atoms with Crippen molar-refractivity contribution in [1.82, 2.24) is 0 Å². The Bertz CT molecular complexity index is 457. The molecule has 1 unspecified atom stereocenters. The van der Waals surface area contributed by atoms with Crippen LogP contribution in [0.2, 0.25) is 0 Å². The van der Waals surface area contributed by atoms with E-state index >= 15 is 0 Å². The Morgan fingerprint density at radius 1 is 0.609 bits per heavy atom. The Hall–Kier alpha value is -1.48. The monoisotopic (exact) mass is 382 g/mol. The summed E-state index contributed by atoms with van der Waals surface area (Å²) in [6.07, 6.45) is -25.5. The van der Waals surface area contributed by atoms with Crippen molar-refractivity contribution >= 4 is 0 Å². The third-order valence-corrected chi connectivity index (χ3v) is 1.69. The molecule has 0 heterocycles. The van der Waals surface area contributed by atoms with E-state index in [0.29, 0.717) is 0 Å². The molecule has 0 aromatic rings. The lowest BCUT2D eigenvalue weighted by Gasteiger charge is -2.33. The van der Waals surface area contributed by atoms with Gasteiger partial charge < -0.3 is 4.74 Å². The van der Waals surface area contributed by atoms with E-state index < -0.39 is 42.5 Å². The summed E-state index contributed by atoms with van der Waals surface area (Å²) >= 11 is 0. The highest BCUT2D eigenvalue weighted by Gasteiger charge is 2.79. The second-order valence-corrected chi connectivity index (χ2v) is 3.36. The molecule has 0 saturated heterocycles. The predicted molar refractivity (Wildman–Crippen MR) is 38.4 cm³/mol. The standard InChI is InChI=1S/C7F14O2/c8-1(9)2(10)22-7(21,5(16,17)18)23-6(19,20)3(11,12)4(13,14)15. The van der Waals surface area contributed by atoms with E-state index in [2.05, 4.69) is 0 Å². The largest absolute Gasteiger partial charge is 0.491 e. The van der Waals surface area contributed by atoms with Gasteiger partial charge in [-0.1, -0.05) is 0 Å². The molecule has 0 aromatic heterocycles. The number of hydrogen-bond donors (Lipinski definition) is 0. The van der Waals surface area contributed by atoms with Crippen molar-refractivity contribution < 1.29 is 70.9 Å². The number of hydrogen-bond acceptors (Lipinski definition) is 2. The molecule has 0 aliphatic heterocycles. The van der Waals surface area contributed by atoms with Crippen LogP contribution in [0.4, 0.5) is 61.5 Å². The van der Waals surface area contributed by atoms with Gasteiger partial charge in [0, 0.05) is 0 Å². The first-order valence-electron chi connectivity index (χ1n) is 4.46. The van der Waals surface area contributed by atoms with Crippen molar-refractivity contribution in [2.24, 2.45) is 0 Å². The lowest BCUT2D eigenvalue weighted by molar-refractivity contribution is -0.529. The molecule has 0 N–H and O–H groups in total. The Balaban J connectivity index is 5.88. The highest BCUT2D eigenvalue weighted by Crippen LogP contribution is 2.51. The summed E-state index contributed by atoms with van der Waals surface area (Å²) in [5.41, 5.74) is 0. The smallest absolute Gasteiger partial charge is 0.399 e. The molecule has 16 heteroatoms. The van der Waals surface area contributed by atoms with Gasteiger partial charge in [-0.3, -0.25) is 0 Å². The zero-order chi connectivity index (χ0) is 19.1. The van der Waals surface area contributed by atoms with Crippen LogP contribution in [-0.4, -0.2) is 30.4 Å². The van der Waals surface area contributed by atoms with Crippen LogP contribution < -0.4 is 0 Å². The molecule has 0 aromatic carbocycles. The molecule has 2 nitrogen and oxygen atoms in total. The lowest BCUT2D eigenvalue weighted by Crippen LogP contribution is -2.59. The van der Waals surface area contributed by atoms with E-state index in [1.807, 2.05) is 4.74 Å². The van der Waals surface area contributed by atoms with Gasteiger partial charge in [0.05, 0.1) is 0 Å². The highest BCUT2D eigenvalue weighted by molar-refractivity contribution is 4.89. The second-order valence-electron chi connectivity index (χ2n) is 3.36. The summed E-state index contributed by atoms with van der Waals surface area (Å²) in [5.74, 6) is -7.42. The van der Waals surface area contributed by atoms with Crippen molar-refractivity contribution in [1.29, 1.82) is 0 Å². The van der Waals surface area contributed by atoms with Crippen molar-refractivity contribution in [2.45, 2.75) is 30.4 Å². The molecule has 0 fully saturated rings. The molecule has 0 rings (SSSR count). The van der Waals surface area contributed by atoms with Gasteiger partial charge in [0.25, 0.3) is 0 Å². The van der Waals surface area contributed by atoms with Gasteiger partial charge in [-0.25, -0.2) is 4.74 Å². The van der Waals surface area contributed by atoms with E-state index in [-0.39, 0.29) is 0 Å². The molecule has 23 heavy (non-hydrogen) atoms. The normalized spacial score (nSPS) is 16.8. The van der Waals surface area contributed by atoms with Crippen LogP contribution in [0.15, 0.2) is 12.1 Å². The third-order valence-electron chi connectivity index (χ3n) is 1.69. The van der Waals surface area contributed by atoms with Crippen molar-refractivity contribution in [2.75, 3.05) is 0 Å². The van der Waals surface area contributed by atoms with Gasteiger partial charge in [0.1, 0.15) is 0 Å². The zero-order valence-corrected chi connectivity index (χ0v) is 9.61. The van der Waals surface area contributed by atoms with Gasteiger partial charge in [-0.15, -0.1) is 0 Å². The molecular weight excluding hydrogens is 382 g/mol. The molecule has 0 amide bonds. The highest BCUT2D eigenvalue weighted by atomic mass is 19.4. The summed E-state index contributed by atoms with van der Waals surface area (Å²) in [6.45, 7) is 0. The first-order valence-corrected chi connectivity index (χ1v) is 4.46. The summed E-state index contributed by atoms with van der Waals surface area (Å²) in [6, 6.07) is -10.6. The maximum absolute atomic E-state index is 13.0. The fourth-order valence-electron chi connectivity index (χ4n) is 0.684. The molecule has 0 aliphatic carbocycles. The number of alkyl halides is 11. The van der Waals surface area contributed by atoms with Crippen LogP contribution in [0, 0.1) is 0 Å². The van der Waals surface area contributed by atoms with Gasteiger partial charge in [-0.2, -0.15) is 61.5 Å². The summed E-state index contributed by atoms with van der Waals surface area (Å²) < 4.78 is 172. The van der Waals surface area contributed by atoms with Crippen LogP contribution in [0.1, 0.15) is 0 Å². The summed E-state index contributed by atoms with van der Waals surface area (Å²) in [7, 11) is 0. The van der Waals surface area contributed by atoms with E-state index in [1.54, 1.807) is 4.74 Å². The maximum Gasteiger partial charge on any atom is 0.491 e. The first kappa shape index (κ1) is 21.5. The van der Waals surface area contributed by atoms with E-state index in [0.717, 1.165) is 0 Å². The molecule has 1 atom stereocenters. The van der Waals surface area contributed by atoms with E-state index in [1.165, 1.54) is 0 Å². The molecule has 138 valence electrons. The Morgan fingerprint density at radius 3 is 1.26 bits per heavy atom. The van der Waals surface area contributed by atoms with Gasteiger partial charge in [0.2, 0.25) is 0 Å². The first-order chi connectivity index (χ1) is 9.78. The Kier molecular flexibility index (Phi) is 5.49. The number of rotatable bonds is 5. The van der Waals surface area contributed by atoms with Gasteiger partial charge in [0.15, 0.2) is 0 Å². The topological polar surface area (TPSA) is 18.5 Å². The zero-order valence-electron chi connectivity index (χ0n) is 9.61. The van der Waals surface area contributed by atoms with E-state index in [4.69, 9.17) is 0 Å². The molecule has 0 saturated carbocycles. The van der Waals surface area contributed by atoms with Crippen LogP contribution >= 0.6 is 0 Å². The fourth-order valence-corrected chi connectivity index (χ4v) is 0.684. The predicted octanol–water partition coefficient (Wildman–Crippen LogP) is 5.03. The molecule has 0 spiro atoms. The van der Waals surface area contributed by atoms with Gasteiger partial charge in [-0.05, 0) is 0 Å². The lowest BCUT2D eigenvalue weighted by atomic mass is 10.3. The molecule has 0 radical (unpaired) electrons. The Labute approximate surface area is 115 Å². The molecule has 0 aliphatic rings.